The lowest BCUT2D eigenvalue weighted by Gasteiger charge is -1.98. The van der Waals surface area contributed by atoms with Gasteiger partial charge in [-0.2, -0.15) is 0 Å². The van der Waals surface area contributed by atoms with E-state index in [1.807, 2.05) is 13.0 Å². The molecule has 0 spiro atoms. The summed E-state index contributed by atoms with van der Waals surface area (Å²) in [6.45, 7) is 1.99. The van der Waals surface area contributed by atoms with Crippen LogP contribution in [0.4, 0.5) is 5.95 Å². The quantitative estimate of drug-likeness (QED) is 0.673. The summed E-state index contributed by atoms with van der Waals surface area (Å²) in [6.07, 6.45) is 1.67. The van der Waals surface area contributed by atoms with Crippen LogP contribution in [0.2, 0.25) is 0 Å². The van der Waals surface area contributed by atoms with E-state index in [-0.39, 0.29) is 5.95 Å². The molecule has 6 heteroatoms. The van der Waals surface area contributed by atoms with E-state index in [1.165, 1.54) is 3.57 Å². The monoisotopic (exact) mass is 394 g/mol. The van der Waals surface area contributed by atoms with E-state index in [0.29, 0.717) is 0 Å². The summed E-state index contributed by atoms with van der Waals surface area (Å²) in [4.78, 5) is 13.8. The lowest BCUT2D eigenvalue weighted by Crippen LogP contribution is -1.94. The van der Waals surface area contributed by atoms with Gasteiger partial charge in [0.2, 0.25) is 5.95 Å². The number of anilines is 1. The van der Waals surface area contributed by atoms with Gasteiger partial charge < -0.3 is 5.73 Å². The van der Waals surface area contributed by atoms with Gasteiger partial charge >= 0.3 is 0 Å². The fraction of sp³-hybridized carbons (Fsp3) is 0.0714. The van der Waals surface area contributed by atoms with Crippen molar-refractivity contribution in [3.63, 3.8) is 0 Å². The Morgan fingerprint density at radius 2 is 1.85 bits per heavy atom. The minimum atomic E-state index is 0.283. The van der Waals surface area contributed by atoms with Crippen molar-refractivity contribution in [2.45, 2.75) is 6.92 Å². The van der Waals surface area contributed by atoms with Crippen LogP contribution in [-0.4, -0.2) is 15.0 Å². The molecule has 0 bridgehead atoms. The van der Waals surface area contributed by atoms with Gasteiger partial charge in [0.05, 0.1) is 16.3 Å². The summed E-state index contributed by atoms with van der Waals surface area (Å²) in [7, 11) is 0. The zero-order chi connectivity index (χ0) is 14.1. The molecular weight excluding hydrogens is 383 g/mol. The van der Waals surface area contributed by atoms with Gasteiger partial charge in [-0.05, 0) is 47.7 Å². The van der Waals surface area contributed by atoms with E-state index in [2.05, 4.69) is 61.8 Å². The summed E-state index contributed by atoms with van der Waals surface area (Å²) >= 11 is 3.91. The summed E-state index contributed by atoms with van der Waals surface area (Å²) in [5, 5.41) is 0.992. The lowest BCUT2D eigenvalue weighted by molar-refractivity contribution is 1.18. The Kier molecular flexibility index (Phi) is 3.66. The Labute approximate surface area is 134 Å². The fourth-order valence-corrected chi connectivity index (χ4v) is 3.25. The first-order valence-corrected chi connectivity index (χ1v) is 7.85. The number of thiazole rings is 1. The van der Waals surface area contributed by atoms with Gasteiger partial charge in [0.25, 0.3) is 0 Å². The number of hydrogen-bond donors (Lipinski definition) is 1. The maximum atomic E-state index is 5.64. The largest absolute Gasteiger partial charge is 0.368 e. The van der Waals surface area contributed by atoms with Crippen LogP contribution in [0.15, 0.2) is 36.5 Å². The van der Waals surface area contributed by atoms with E-state index >= 15 is 0 Å². The minimum Gasteiger partial charge on any atom is -0.368 e. The smallest absolute Gasteiger partial charge is 0.220 e. The van der Waals surface area contributed by atoms with Gasteiger partial charge in [-0.1, -0.05) is 12.1 Å². The number of nitrogen functional groups attached to an aromatic ring is 1. The Morgan fingerprint density at radius 1 is 1.10 bits per heavy atom. The Hall–Kier alpha value is -1.54. The molecule has 0 amide bonds. The maximum absolute atomic E-state index is 5.64. The number of benzene rings is 1. The molecule has 0 atom stereocenters. The van der Waals surface area contributed by atoms with Crippen molar-refractivity contribution in [2.24, 2.45) is 0 Å². The van der Waals surface area contributed by atoms with Crippen LogP contribution >= 0.6 is 33.9 Å². The molecule has 1 aromatic carbocycles. The molecule has 0 fully saturated rings. The van der Waals surface area contributed by atoms with Gasteiger partial charge in [-0.15, -0.1) is 11.3 Å². The molecule has 0 aliphatic carbocycles. The lowest BCUT2D eigenvalue weighted by atomic mass is 10.2. The summed E-state index contributed by atoms with van der Waals surface area (Å²) in [5.74, 6) is 0.283. The van der Waals surface area contributed by atoms with Crippen LogP contribution in [0.1, 0.15) is 5.69 Å². The topological polar surface area (TPSA) is 64.7 Å². The van der Waals surface area contributed by atoms with Crippen molar-refractivity contribution in [1.82, 2.24) is 15.0 Å². The molecule has 0 saturated carbocycles. The van der Waals surface area contributed by atoms with E-state index in [4.69, 9.17) is 5.73 Å². The third kappa shape index (κ3) is 2.66. The van der Waals surface area contributed by atoms with Crippen molar-refractivity contribution in [3.05, 3.63) is 45.8 Å². The summed E-state index contributed by atoms with van der Waals surface area (Å²) < 4.78 is 1.21. The van der Waals surface area contributed by atoms with Crippen LogP contribution in [0.3, 0.4) is 0 Å². The van der Waals surface area contributed by atoms with Crippen molar-refractivity contribution in [3.8, 4) is 21.1 Å². The molecule has 0 radical (unpaired) electrons. The van der Waals surface area contributed by atoms with E-state index in [9.17, 15) is 0 Å². The Morgan fingerprint density at radius 3 is 2.55 bits per heavy atom. The standard InChI is InChI=1S/C14H11IN4S/c1-8-12(11-6-7-17-14(16)19-11)20-13(18-8)9-2-4-10(15)5-3-9/h2-7H,1H3,(H2,16,17,19). The highest BCUT2D eigenvalue weighted by molar-refractivity contribution is 14.1. The Bertz CT molecular complexity index is 752. The molecule has 4 nitrogen and oxygen atoms in total. The second kappa shape index (κ2) is 5.45. The first kappa shape index (κ1) is 13.4. The maximum Gasteiger partial charge on any atom is 0.220 e. The van der Waals surface area contributed by atoms with Crippen LogP contribution in [-0.2, 0) is 0 Å². The van der Waals surface area contributed by atoms with Crippen molar-refractivity contribution in [2.75, 3.05) is 5.73 Å². The average molecular weight is 394 g/mol. The molecule has 100 valence electrons. The number of aromatic nitrogens is 3. The van der Waals surface area contributed by atoms with E-state index < -0.39 is 0 Å². The van der Waals surface area contributed by atoms with E-state index in [0.717, 1.165) is 26.8 Å². The minimum absolute atomic E-state index is 0.283. The zero-order valence-corrected chi connectivity index (χ0v) is 13.6. The predicted octanol–water partition coefficient (Wildman–Crippen LogP) is 3.76. The normalized spacial score (nSPS) is 10.7. The van der Waals surface area contributed by atoms with Gasteiger partial charge in [0.1, 0.15) is 5.01 Å². The number of aryl methyl sites for hydroxylation is 1. The van der Waals surface area contributed by atoms with Crippen LogP contribution < -0.4 is 5.73 Å². The summed E-state index contributed by atoms with van der Waals surface area (Å²) in [5.41, 5.74) is 8.54. The van der Waals surface area contributed by atoms with Crippen molar-refractivity contribution < 1.29 is 0 Å². The molecule has 3 rings (SSSR count). The fourth-order valence-electron chi connectivity index (χ4n) is 1.85. The predicted molar refractivity (Wildman–Crippen MR) is 90.4 cm³/mol. The molecule has 0 saturated heterocycles. The second-order valence-electron chi connectivity index (χ2n) is 4.24. The average Bonchev–Trinajstić information content (AvgIpc) is 2.82. The second-order valence-corrected chi connectivity index (χ2v) is 6.49. The van der Waals surface area contributed by atoms with Gasteiger partial charge in [-0.3, -0.25) is 0 Å². The first-order valence-electron chi connectivity index (χ1n) is 5.96. The molecule has 0 unspecified atom stereocenters. The molecule has 3 aromatic rings. The van der Waals surface area contributed by atoms with Gasteiger partial charge in [0.15, 0.2) is 0 Å². The van der Waals surface area contributed by atoms with Crippen LogP contribution in [0.25, 0.3) is 21.1 Å². The number of halogens is 1. The molecule has 2 aromatic heterocycles. The highest BCUT2D eigenvalue weighted by Gasteiger charge is 2.12. The highest BCUT2D eigenvalue weighted by Crippen LogP contribution is 2.34. The molecule has 2 N–H and O–H groups in total. The van der Waals surface area contributed by atoms with Gasteiger partial charge in [0, 0.05) is 15.3 Å². The summed E-state index contributed by atoms with van der Waals surface area (Å²) in [6, 6.07) is 10.2. The molecule has 2 heterocycles. The first-order chi connectivity index (χ1) is 9.63. The number of hydrogen-bond acceptors (Lipinski definition) is 5. The van der Waals surface area contributed by atoms with Crippen molar-refractivity contribution in [1.29, 1.82) is 0 Å². The molecule has 0 aliphatic rings. The highest BCUT2D eigenvalue weighted by atomic mass is 127. The molecule has 0 aliphatic heterocycles. The van der Waals surface area contributed by atoms with E-state index in [1.54, 1.807) is 17.5 Å². The molecule has 20 heavy (non-hydrogen) atoms. The van der Waals surface area contributed by atoms with Crippen molar-refractivity contribution >= 4 is 39.9 Å². The van der Waals surface area contributed by atoms with Crippen LogP contribution in [0, 0.1) is 10.5 Å². The zero-order valence-electron chi connectivity index (χ0n) is 10.7. The number of nitrogens with zero attached hydrogens (tertiary/aromatic N) is 3. The van der Waals surface area contributed by atoms with Crippen LogP contribution in [0.5, 0.6) is 0 Å². The molecular formula is C14H11IN4S. The van der Waals surface area contributed by atoms with Gasteiger partial charge in [-0.25, -0.2) is 15.0 Å². The third-order valence-corrected chi connectivity index (χ3v) is 4.74. The number of rotatable bonds is 2. The third-order valence-electron chi connectivity index (χ3n) is 2.79. The SMILES string of the molecule is Cc1nc(-c2ccc(I)cc2)sc1-c1ccnc(N)n1. The Balaban J connectivity index is 2.05. The number of nitrogens with two attached hydrogens (primary N) is 1.